The van der Waals surface area contributed by atoms with E-state index in [-0.39, 0.29) is 29.3 Å². The number of hydrogen-bond acceptors (Lipinski definition) is 3. The minimum atomic E-state index is -0.113. The zero-order valence-electron chi connectivity index (χ0n) is 10.6. The lowest BCUT2D eigenvalue weighted by atomic mass is 9.90. The molecule has 0 N–H and O–H groups in total. The molecule has 1 heterocycles. The molecule has 1 aromatic rings. The molecule has 1 saturated heterocycles. The third kappa shape index (κ3) is 2.77. The number of alkyl halides is 1. The van der Waals surface area contributed by atoms with E-state index in [9.17, 15) is 4.79 Å². The Balaban J connectivity index is 1.55. The third-order valence-corrected chi connectivity index (χ3v) is 4.56. The summed E-state index contributed by atoms with van der Waals surface area (Å²) in [5.74, 6) is 0.352. The summed E-state index contributed by atoms with van der Waals surface area (Å²) in [6.07, 6.45) is 1.14. The molecule has 19 heavy (non-hydrogen) atoms. The molecule has 102 valence electrons. The van der Waals surface area contributed by atoms with Crippen LogP contribution >= 0.6 is 11.6 Å². The number of carbonyl (C=O) groups is 1. The van der Waals surface area contributed by atoms with Crippen LogP contribution in [0.4, 0.5) is 0 Å². The maximum absolute atomic E-state index is 11.4. The number of halogens is 1. The molecular weight excluding hydrogens is 264 g/mol. The van der Waals surface area contributed by atoms with Gasteiger partial charge in [0.15, 0.2) is 0 Å². The third-order valence-electron chi connectivity index (χ3n) is 4.06. The quantitative estimate of drug-likeness (QED) is 0.628. The van der Waals surface area contributed by atoms with Crippen molar-refractivity contribution in [3.05, 3.63) is 35.9 Å². The zero-order chi connectivity index (χ0) is 13.2. The van der Waals surface area contributed by atoms with Crippen LogP contribution in [0, 0.1) is 11.8 Å². The fraction of sp³-hybridized carbons (Fsp3) is 0.533. The molecule has 0 radical (unpaired) electrons. The highest BCUT2D eigenvalue weighted by molar-refractivity contribution is 6.21. The number of esters is 1. The summed E-state index contributed by atoms with van der Waals surface area (Å²) >= 11 is 6.28. The van der Waals surface area contributed by atoms with Gasteiger partial charge in [-0.25, -0.2) is 0 Å². The molecule has 0 aromatic heterocycles. The van der Waals surface area contributed by atoms with Crippen molar-refractivity contribution in [3.63, 3.8) is 0 Å². The highest BCUT2D eigenvalue weighted by Gasteiger charge is 2.49. The lowest BCUT2D eigenvalue weighted by molar-refractivity contribution is -0.160. The topological polar surface area (TPSA) is 35.5 Å². The first-order chi connectivity index (χ1) is 9.24. The van der Waals surface area contributed by atoms with Crippen molar-refractivity contribution in [1.82, 2.24) is 0 Å². The maximum atomic E-state index is 11.4. The van der Waals surface area contributed by atoms with Crippen LogP contribution in [0.1, 0.15) is 18.4 Å². The van der Waals surface area contributed by atoms with Gasteiger partial charge in [-0.1, -0.05) is 30.3 Å². The van der Waals surface area contributed by atoms with Gasteiger partial charge in [-0.05, 0) is 11.5 Å². The first-order valence-corrected chi connectivity index (χ1v) is 7.13. The molecule has 4 heteroatoms. The first kappa shape index (κ1) is 12.9. The average molecular weight is 281 g/mol. The summed E-state index contributed by atoms with van der Waals surface area (Å²) in [4.78, 5) is 11.4. The molecule has 2 fully saturated rings. The molecule has 3 rings (SSSR count). The smallest absolute Gasteiger partial charge is 0.306 e. The van der Waals surface area contributed by atoms with Crippen molar-refractivity contribution in [2.75, 3.05) is 6.61 Å². The standard InChI is InChI=1S/C15H17ClO3/c16-13-7-14-12(11(13)6-15(17)19-14)9-18-8-10-4-2-1-3-5-10/h1-5,11-14H,6-9H2. The second-order valence-electron chi connectivity index (χ2n) is 5.31. The molecule has 1 aliphatic heterocycles. The Kier molecular flexibility index (Phi) is 3.76. The van der Waals surface area contributed by atoms with E-state index in [1.807, 2.05) is 30.3 Å². The van der Waals surface area contributed by atoms with E-state index in [0.29, 0.717) is 19.6 Å². The highest BCUT2D eigenvalue weighted by atomic mass is 35.5. The molecule has 2 aliphatic rings. The Labute approximate surface area is 117 Å². The second kappa shape index (κ2) is 5.51. The number of carbonyl (C=O) groups excluding carboxylic acids is 1. The molecule has 1 aliphatic carbocycles. The van der Waals surface area contributed by atoms with Crippen molar-refractivity contribution < 1.29 is 14.3 Å². The number of benzene rings is 1. The van der Waals surface area contributed by atoms with Crippen LogP contribution in [0.5, 0.6) is 0 Å². The Bertz CT molecular complexity index is 448. The van der Waals surface area contributed by atoms with Crippen molar-refractivity contribution >= 4 is 17.6 Å². The molecule has 3 nitrogen and oxygen atoms in total. The van der Waals surface area contributed by atoms with Crippen molar-refractivity contribution in [2.24, 2.45) is 11.8 Å². The van der Waals surface area contributed by atoms with Crippen LogP contribution in [-0.4, -0.2) is 24.1 Å². The molecular formula is C15H17ClO3. The summed E-state index contributed by atoms with van der Waals surface area (Å²) in [6.45, 7) is 1.21. The summed E-state index contributed by atoms with van der Waals surface area (Å²) in [5, 5.41) is 0.0433. The van der Waals surface area contributed by atoms with Gasteiger partial charge >= 0.3 is 5.97 Å². The summed E-state index contributed by atoms with van der Waals surface area (Å²) in [7, 11) is 0. The lowest BCUT2D eigenvalue weighted by Gasteiger charge is -2.29. The Morgan fingerprint density at radius 2 is 2.11 bits per heavy atom. The number of fused-ring (bicyclic) bond motifs is 2. The van der Waals surface area contributed by atoms with E-state index in [2.05, 4.69) is 0 Å². The predicted octanol–water partition coefficient (Wildman–Crippen LogP) is 2.76. The summed E-state index contributed by atoms with van der Waals surface area (Å²) in [5.41, 5.74) is 1.16. The van der Waals surface area contributed by atoms with Gasteiger partial charge in [-0.2, -0.15) is 0 Å². The zero-order valence-corrected chi connectivity index (χ0v) is 11.4. The van der Waals surface area contributed by atoms with Gasteiger partial charge in [0.2, 0.25) is 0 Å². The van der Waals surface area contributed by atoms with Gasteiger partial charge in [0.1, 0.15) is 6.10 Å². The molecule has 2 bridgehead atoms. The van der Waals surface area contributed by atoms with E-state index < -0.39 is 0 Å². The van der Waals surface area contributed by atoms with E-state index in [1.165, 1.54) is 0 Å². The minimum Gasteiger partial charge on any atom is -0.462 e. The Morgan fingerprint density at radius 3 is 2.84 bits per heavy atom. The van der Waals surface area contributed by atoms with E-state index >= 15 is 0 Å². The van der Waals surface area contributed by atoms with Crippen LogP contribution in [0.15, 0.2) is 30.3 Å². The molecule has 0 spiro atoms. The van der Waals surface area contributed by atoms with Crippen LogP contribution in [0.2, 0.25) is 0 Å². The Hall–Kier alpha value is -1.06. The fourth-order valence-electron chi connectivity index (χ4n) is 3.06. The predicted molar refractivity (Wildman–Crippen MR) is 71.8 cm³/mol. The first-order valence-electron chi connectivity index (χ1n) is 6.69. The highest BCUT2D eigenvalue weighted by Crippen LogP contribution is 2.43. The number of ether oxygens (including phenoxy) is 2. The lowest BCUT2D eigenvalue weighted by Crippen LogP contribution is -2.36. The Morgan fingerprint density at radius 1 is 1.32 bits per heavy atom. The van der Waals surface area contributed by atoms with Crippen LogP contribution in [-0.2, 0) is 20.9 Å². The molecule has 0 amide bonds. The van der Waals surface area contributed by atoms with E-state index in [0.717, 1.165) is 12.0 Å². The van der Waals surface area contributed by atoms with Crippen LogP contribution < -0.4 is 0 Å². The second-order valence-corrected chi connectivity index (χ2v) is 5.87. The van der Waals surface area contributed by atoms with Gasteiger partial charge in [-0.3, -0.25) is 4.79 Å². The van der Waals surface area contributed by atoms with Crippen LogP contribution in [0.3, 0.4) is 0 Å². The fourth-order valence-corrected chi connectivity index (χ4v) is 3.51. The van der Waals surface area contributed by atoms with Crippen molar-refractivity contribution in [3.8, 4) is 0 Å². The largest absolute Gasteiger partial charge is 0.462 e. The molecule has 4 atom stereocenters. The minimum absolute atomic E-state index is 0.0433. The molecule has 4 unspecified atom stereocenters. The number of hydrogen-bond donors (Lipinski definition) is 0. The summed E-state index contributed by atoms with van der Waals surface area (Å²) in [6, 6.07) is 10.1. The summed E-state index contributed by atoms with van der Waals surface area (Å²) < 4.78 is 11.1. The normalized spacial score (nSPS) is 33.2. The molecule has 1 saturated carbocycles. The van der Waals surface area contributed by atoms with E-state index in [4.69, 9.17) is 21.1 Å². The van der Waals surface area contributed by atoms with Crippen LogP contribution in [0.25, 0.3) is 0 Å². The maximum Gasteiger partial charge on any atom is 0.306 e. The molecule has 1 aromatic carbocycles. The van der Waals surface area contributed by atoms with E-state index in [1.54, 1.807) is 0 Å². The monoisotopic (exact) mass is 280 g/mol. The van der Waals surface area contributed by atoms with Crippen molar-refractivity contribution in [1.29, 1.82) is 0 Å². The van der Waals surface area contributed by atoms with Gasteiger partial charge in [0.25, 0.3) is 0 Å². The van der Waals surface area contributed by atoms with Gasteiger partial charge in [-0.15, -0.1) is 11.6 Å². The number of rotatable bonds is 4. The SMILES string of the molecule is O=C1CC2C(Cl)CC(O1)C2COCc1ccccc1. The van der Waals surface area contributed by atoms with Gasteiger partial charge < -0.3 is 9.47 Å². The van der Waals surface area contributed by atoms with Crippen molar-refractivity contribution in [2.45, 2.75) is 30.9 Å². The van der Waals surface area contributed by atoms with Gasteiger partial charge in [0.05, 0.1) is 19.6 Å². The van der Waals surface area contributed by atoms with Gasteiger partial charge in [0, 0.05) is 17.7 Å². The average Bonchev–Trinajstić information content (AvgIpc) is 2.59.